The molecule has 0 aromatic carbocycles. The Kier molecular flexibility index (Phi) is 7.22. The first-order valence-electron chi connectivity index (χ1n) is 1.09. The van der Waals surface area contributed by atoms with Gasteiger partial charge in [0.1, 0.15) is 0 Å². The maximum atomic E-state index is 9.06. The second-order valence-corrected chi connectivity index (χ2v) is 0.481. The second-order valence-electron chi connectivity index (χ2n) is 0.481. The van der Waals surface area contributed by atoms with E-state index in [-0.39, 0.29) is 16.8 Å². The fraction of sp³-hybridized carbons (Fsp3) is 1.00. The van der Waals surface area contributed by atoms with Gasteiger partial charge in [0.15, 0.2) is 5.03 Å². The van der Waals surface area contributed by atoms with Crippen molar-refractivity contribution in [2.24, 2.45) is 0 Å². The van der Waals surface area contributed by atoms with Gasteiger partial charge in [0.2, 0.25) is 0 Å². The van der Waals surface area contributed by atoms with Crippen LogP contribution in [0.4, 0.5) is 0 Å². The van der Waals surface area contributed by atoms with E-state index in [9.17, 15) is 0 Å². The molecule has 0 saturated heterocycles. The molecule has 1 radical (unpaired) electrons. The van der Waals surface area contributed by atoms with Crippen LogP contribution < -0.4 is 5.43 Å². The van der Waals surface area contributed by atoms with E-state index in [1.54, 1.807) is 5.43 Å². The molecule has 0 aromatic rings. The largest absolute Gasteiger partial charge is 2.00 e. The van der Waals surface area contributed by atoms with E-state index in [0.717, 1.165) is 0 Å². The van der Waals surface area contributed by atoms with Crippen LogP contribution in [0.25, 0.3) is 0 Å². The van der Waals surface area contributed by atoms with Crippen LogP contribution in [-0.4, -0.2) is 12.1 Å². The molecule has 0 bridgehead atoms. The van der Waals surface area contributed by atoms with Gasteiger partial charge in [0.05, 0.1) is 7.05 Å². The Morgan fingerprint density at radius 2 is 2.00 bits per heavy atom. The van der Waals surface area contributed by atoms with Gasteiger partial charge in [-0.05, 0) is 0 Å². The fourth-order valence-electron chi connectivity index (χ4n) is 0. The smallest absolute Gasteiger partial charge is 0.235 e. The molecule has 0 atom stereocenters. The summed E-state index contributed by atoms with van der Waals surface area (Å²) < 4.78 is 0. The minimum Gasteiger partial charge on any atom is -0.235 e. The fourth-order valence-corrected chi connectivity index (χ4v) is 0. The molecule has 0 spiro atoms. The number of hydrazine groups is 1. The molecule has 0 aliphatic rings. The quantitative estimate of drug-likeness (QED) is 0.385. The van der Waals surface area contributed by atoms with Gasteiger partial charge < -0.3 is 0 Å². The van der Waals surface area contributed by atoms with E-state index >= 15 is 0 Å². The molecule has 0 rings (SSSR count). The standard InChI is InChI=1S/CH4N2O2.Co/c1-2-3(4)5;/h2H,1H3;/q;+2. The molecule has 1 N–H and O–H groups in total. The van der Waals surface area contributed by atoms with E-state index in [1.807, 2.05) is 0 Å². The normalized spacial score (nSPS) is 5.50. The first kappa shape index (κ1) is 9.20. The summed E-state index contributed by atoms with van der Waals surface area (Å²) in [7, 11) is 1.25. The van der Waals surface area contributed by atoms with Crippen LogP contribution in [0.15, 0.2) is 0 Å². The topological polar surface area (TPSA) is 55.2 Å². The molecule has 6 heavy (non-hydrogen) atoms. The summed E-state index contributed by atoms with van der Waals surface area (Å²) >= 11 is 0. The average molecular weight is 135 g/mol. The van der Waals surface area contributed by atoms with Gasteiger partial charge >= 0.3 is 16.8 Å². The van der Waals surface area contributed by atoms with Gasteiger partial charge in [-0.3, -0.25) is 0 Å². The Morgan fingerprint density at radius 1 is 1.83 bits per heavy atom. The van der Waals surface area contributed by atoms with Gasteiger partial charge in [-0.2, -0.15) is 0 Å². The molecular weight excluding hydrogens is 131 g/mol. The van der Waals surface area contributed by atoms with Crippen LogP contribution in [-0.2, 0) is 16.8 Å². The molecule has 0 aromatic heterocycles. The number of nitrogens with zero attached hydrogens (tertiary/aromatic N) is 1. The van der Waals surface area contributed by atoms with Crippen LogP contribution in [0.5, 0.6) is 0 Å². The zero-order valence-electron chi connectivity index (χ0n) is 3.10. The zero-order chi connectivity index (χ0) is 4.28. The van der Waals surface area contributed by atoms with Crippen molar-refractivity contribution in [3.05, 3.63) is 10.1 Å². The second kappa shape index (κ2) is 4.71. The van der Waals surface area contributed by atoms with Gasteiger partial charge in [-0.25, -0.2) is 10.1 Å². The summed E-state index contributed by atoms with van der Waals surface area (Å²) in [4.78, 5) is 9.06. The van der Waals surface area contributed by atoms with E-state index in [2.05, 4.69) is 0 Å². The van der Waals surface area contributed by atoms with Crippen molar-refractivity contribution in [3.8, 4) is 0 Å². The summed E-state index contributed by atoms with van der Waals surface area (Å²) in [5.41, 5.74) is 1.75. The molecule has 0 aliphatic carbocycles. The number of nitrogens with one attached hydrogen (secondary N) is 1. The van der Waals surface area contributed by atoms with E-state index in [1.165, 1.54) is 7.05 Å². The Labute approximate surface area is 45.2 Å². The molecule has 4 nitrogen and oxygen atoms in total. The number of hydrogen-bond acceptors (Lipinski definition) is 2. The molecule has 5 heteroatoms. The van der Waals surface area contributed by atoms with Gasteiger partial charge in [0.25, 0.3) is 0 Å². The van der Waals surface area contributed by atoms with Crippen LogP contribution in [0.2, 0.25) is 0 Å². The Balaban J connectivity index is 0. The molecule has 0 saturated carbocycles. The molecule has 0 amide bonds. The summed E-state index contributed by atoms with van der Waals surface area (Å²) in [5.74, 6) is 0. The van der Waals surface area contributed by atoms with E-state index in [4.69, 9.17) is 10.1 Å². The minimum atomic E-state index is -0.625. The minimum absolute atomic E-state index is 0. The number of nitro groups is 1. The zero-order valence-corrected chi connectivity index (χ0v) is 4.14. The average Bonchev–Trinajstić information content (AvgIpc) is 1.38. The predicted octanol–water partition coefficient (Wildman–Crippen LogP) is -0.605. The molecule has 0 aliphatic heterocycles. The summed E-state index contributed by atoms with van der Waals surface area (Å²) in [6, 6.07) is 0. The van der Waals surface area contributed by atoms with Crippen molar-refractivity contribution in [2.75, 3.05) is 7.05 Å². The third-order valence-electron chi connectivity index (χ3n) is 0.183. The van der Waals surface area contributed by atoms with Crippen molar-refractivity contribution in [1.29, 1.82) is 0 Å². The molecule has 0 heterocycles. The van der Waals surface area contributed by atoms with Crippen LogP contribution >= 0.6 is 0 Å². The summed E-state index contributed by atoms with van der Waals surface area (Å²) in [6.07, 6.45) is 0. The first-order valence-corrected chi connectivity index (χ1v) is 1.09. The SMILES string of the molecule is CN[N+](=O)[O-].[Co+2]. The summed E-state index contributed by atoms with van der Waals surface area (Å²) in [6.45, 7) is 0. The summed E-state index contributed by atoms with van der Waals surface area (Å²) in [5, 5.41) is 8.44. The van der Waals surface area contributed by atoms with Crippen molar-refractivity contribution < 1.29 is 21.8 Å². The van der Waals surface area contributed by atoms with Gasteiger partial charge in [-0.1, -0.05) is 0 Å². The third-order valence-corrected chi connectivity index (χ3v) is 0.183. The molecular formula is CH4CoN2O2+2. The third kappa shape index (κ3) is 9.32. The van der Waals surface area contributed by atoms with E-state index in [0.29, 0.717) is 0 Å². The van der Waals surface area contributed by atoms with Crippen LogP contribution in [0.3, 0.4) is 0 Å². The van der Waals surface area contributed by atoms with Crippen molar-refractivity contribution in [3.63, 3.8) is 0 Å². The molecule has 37 valence electrons. The Hall–Kier alpha value is -0.294. The van der Waals surface area contributed by atoms with Crippen molar-refractivity contribution in [1.82, 2.24) is 5.43 Å². The van der Waals surface area contributed by atoms with Crippen LogP contribution in [0.1, 0.15) is 0 Å². The molecule has 0 fully saturated rings. The Morgan fingerprint density at radius 3 is 2.00 bits per heavy atom. The number of hydrogen-bond donors (Lipinski definition) is 1. The van der Waals surface area contributed by atoms with Gasteiger partial charge in [0, 0.05) is 0 Å². The van der Waals surface area contributed by atoms with Crippen molar-refractivity contribution in [2.45, 2.75) is 0 Å². The van der Waals surface area contributed by atoms with Gasteiger partial charge in [-0.15, -0.1) is 5.43 Å². The van der Waals surface area contributed by atoms with Crippen LogP contribution in [0, 0.1) is 10.1 Å². The Bertz CT molecular complexity index is 46.8. The monoisotopic (exact) mass is 135 g/mol. The van der Waals surface area contributed by atoms with E-state index < -0.39 is 5.03 Å². The maximum absolute atomic E-state index is 9.06. The van der Waals surface area contributed by atoms with Crippen molar-refractivity contribution >= 4 is 0 Å². The maximum Gasteiger partial charge on any atom is 2.00 e. The molecule has 0 unspecified atom stereocenters. The predicted molar refractivity (Wildman–Crippen MR) is 16.1 cm³/mol. The first-order chi connectivity index (χ1) is 2.27. The number of rotatable bonds is 1.